The first-order valence-electron chi connectivity index (χ1n) is 15.8. The minimum Gasteiger partial charge on any atom is -0.309 e. The van der Waals surface area contributed by atoms with Crippen LogP contribution in [0.5, 0.6) is 0 Å². The van der Waals surface area contributed by atoms with E-state index in [1.165, 1.54) is 32.6 Å². The number of imidazole rings is 1. The van der Waals surface area contributed by atoms with Gasteiger partial charge in [-0.3, -0.25) is 14.4 Å². The lowest BCUT2D eigenvalue weighted by Crippen LogP contribution is -1.98. The van der Waals surface area contributed by atoms with Gasteiger partial charge in [-0.05, 0) is 60.7 Å². The van der Waals surface area contributed by atoms with Crippen molar-refractivity contribution in [2.45, 2.75) is 0 Å². The number of fused-ring (bicyclic) bond motifs is 15. The molecule has 0 aliphatic rings. The first-order chi connectivity index (χ1) is 23.3. The van der Waals surface area contributed by atoms with Crippen molar-refractivity contribution in [2.24, 2.45) is 0 Å². The molecule has 0 spiro atoms. The van der Waals surface area contributed by atoms with Gasteiger partial charge in [0.25, 0.3) is 0 Å². The van der Waals surface area contributed by atoms with Gasteiger partial charge >= 0.3 is 0 Å². The van der Waals surface area contributed by atoms with Crippen LogP contribution < -0.4 is 0 Å². The second-order valence-electron chi connectivity index (χ2n) is 12.1. The van der Waals surface area contributed by atoms with Gasteiger partial charge in [0.15, 0.2) is 0 Å². The van der Waals surface area contributed by atoms with Crippen LogP contribution in [0.15, 0.2) is 146 Å². The molecule has 0 bridgehead atoms. The molecule has 0 N–H and O–H groups in total. The molecule has 0 amide bonds. The number of aromatic nitrogens is 6. The summed E-state index contributed by atoms with van der Waals surface area (Å²) >= 11 is 0. The number of rotatable bonds is 2. The minimum atomic E-state index is 0.901. The van der Waals surface area contributed by atoms with E-state index in [1.807, 2.05) is 30.7 Å². The summed E-state index contributed by atoms with van der Waals surface area (Å²) in [5.74, 6) is 0. The molecule has 5 aromatic carbocycles. The Morgan fingerprint density at radius 1 is 0.468 bits per heavy atom. The number of benzene rings is 5. The van der Waals surface area contributed by atoms with Gasteiger partial charge < -0.3 is 9.13 Å². The highest BCUT2D eigenvalue weighted by molar-refractivity contribution is 6.28. The zero-order chi connectivity index (χ0) is 30.6. The lowest BCUT2D eigenvalue weighted by molar-refractivity contribution is 1.18. The molecule has 6 nitrogen and oxygen atoms in total. The van der Waals surface area contributed by atoms with Crippen molar-refractivity contribution in [1.29, 1.82) is 0 Å². The van der Waals surface area contributed by atoms with E-state index in [0.717, 1.165) is 60.9 Å². The zero-order valence-corrected chi connectivity index (χ0v) is 25.0. The van der Waals surface area contributed by atoms with Gasteiger partial charge in [-0.15, -0.1) is 0 Å². The van der Waals surface area contributed by atoms with Gasteiger partial charge in [-0.1, -0.05) is 66.7 Å². The lowest BCUT2D eigenvalue weighted by atomic mass is 10.0. The summed E-state index contributed by atoms with van der Waals surface area (Å²) in [6.07, 6.45) is 5.59. The lowest BCUT2D eigenvalue weighted by Gasteiger charge is -2.12. The summed E-state index contributed by atoms with van der Waals surface area (Å²) in [6, 6.07) is 45.4. The fourth-order valence-electron chi connectivity index (χ4n) is 7.81. The maximum absolute atomic E-state index is 5.27. The van der Waals surface area contributed by atoms with E-state index in [1.54, 1.807) is 0 Å². The minimum absolute atomic E-state index is 0.901. The third kappa shape index (κ3) is 3.21. The van der Waals surface area contributed by atoms with E-state index in [2.05, 4.69) is 134 Å². The van der Waals surface area contributed by atoms with Gasteiger partial charge in [0.2, 0.25) is 0 Å². The second-order valence-corrected chi connectivity index (χ2v) is 12.1. The number of hydrogen-bond donors (Lipinski definition) is 0. The maximum Gasteiger partial charge on any atom is 0.148 e. The molecule has 0 unspecified atom stereocenters. The van der Waals surface area contributed by atoms with Crippen molar-refractivity contribution in [2.75, 3.05) is 0 Å². The van der Waals surface area contributed by atoms with E-state index in [9.17, 15) is 0 Å². The molecular weight excluding hydrogens is 576 g/mol. The van der Waals surface area contributed by atoms with Gasteiger partial charge in [0.05, 0.1) is 55.7 Å². The average Bonchev–Trinajstić information content (AvgIpc) is 3.79. The molecule has 0 saturated heterocycles. The number of hydrogen-bond acceptors (Lipinski definition) is 3. The molecule has 47 heavy (non-hydrogen) atoms. The molecule has 6 heterocycles. The van der Waals surface area contributed by atoms with Crippen LogP contribution in [0, 0.1) is 0 Å². The van der Waals surface area contributed by atoms with Crippen LogP contribution in [0.1, 0.15) is 0 Å². The Morgan fingerprint density at radius 3 is 1.98 bits per heavy atom. The van der Waals surface area contributed by atoms with Crippen LogP contribution in [0.4, 0.5) is 0 Å². The highest BCUT2D eigenvalue weighted by Crippen LogP contribution is 2.43. The van der Waals surface area contributed by atoms with Crippen LogP contribution in [0.3, 0.4) is 0 Å². The molecule has 0 atom stereocenters. The summed E-state index contributed by atoms with van der Waals surface area (Å²) in [4.78, 5) is 14.7. The Kier molecular flexibility index (Phi) is 4.75. The van der Waals surface area contributed by atoms with Crippen LogP contribution in [-0.4, -0.2) is 28.5 Å². The molecule has 0 fully saturated rings. The van der Waals surface area contributed by atoms with Crippen molar-refractivity contribution < 1.29 is 0 Å². The van der Waals surface area contributed by atoms with Crippen molar-refractivity contribution in [3.8, 4) is 11.4 Å². The predicted octanol–water partition coefficient (Wildman–Crippen LogP) is 9.78. The van der Waals surface area contributed by atoms with Gasteiger partial charge in [0, 0.05) is 50.7 Å². The Balaban J connectivity index is 1.42. The van der Waals surface area contributed by atoms with Crippen LogP contribution >= 0.6 is 0 Å². The van der Waals surface area contributed by atoms with Crippen molar-refractivity contribution >= 4 is 82.1 Å². The van der Waals surface area contributed by atoms with E-state index in [-0.39, 0.29) is 0 Å². The zero-order valence-electron chi connectivity index (χ0n) is 25.0. The molecule has 0 aliphatic heterocycles. The summed E-state index contributed by atoms with van der Waals surface area (Å²) in [5, 5.41) is 6.96. The Hall–Kier alpha value is -6.53. The molecule has 0 radical (unpaired) electrons. The van der Waals surface area contributed by atoms with Crippen LogP contribution in [0.25, 0.3) is 93.5 Å². The number of para-hydroxylation sites is 3. The monoisotopic (exact) mass is 600 g/mol. The van der Waals surface area contributed by atoms with Gasteiger partial charge in [-0.2, -0.15) is 0 Å². The molecule has 11 rings (SSSR count). The quantitative estimate of drug-likeness (QED) is 0.186. The van der Waals surface area contributed by atoms with Crippen molar-refractivity contribution in [3.05, 3.63) is 146 Å². The summed E-state index contributed by atoms with van der Waals surface area (Å²) in [5.41, 5.74) is 11.6. The third-order valence-electron chi connectivity index (χ3n) is 9.71. The summed E-state index contributed by atoms with van der Waals surface area (Å²) in [7, 11) is 0. The maximum atomic E-state index is 5.27. The number of pyridine rings is 3. The number of nitrogens with zero attached hydrogens (tertiary/aromatic N) is 6. The highest BCUT2D eigenvalue weighted by Gasteiger charge is 2.23. The molecule has 218 valence electrons. The highest BCUT2D eigenvalue weighted by atomic mass is 15.0. The normalized spacial score (nSPS) is 12.3. The smallest absolute Gasteiger partial charge is 0.148 e. The van der Waals surface area contributed by atoms with Gasteiger partial charge in [-0.25, -0.2) is 4.98 Å². The van der Waals surface area contributed by atoms with Gasteiger partial charge in [0.1, 0.15) is 5.65 Å². The van der Waals surface area contributed by atoms with Crippen LogP contribution in [0.2, 0.25) is 0 Å². The summed E-state index contributed by atoms with van der Waals surface area (Å²) < 4.78 is 7.04. The Morgan fingerprint density at radius 2 is 1.15 bits per heavy atom. The fourth-order valence-corrected chi connectivity index (χ4v) is 7.81. The van der Waals surface area contributed by atoms with Crippen LogP contribution in [-0.2, 0) is 0 Å². The van der Waals surface area contributed by atoms with E-state index < -0.39 is 0 Å². The topological polar surface area (TPSA) is 52.9 Å². The van der Waals surface area contributed by atoms with E-state index >= 15 is 0 Å². The third-order valence-corrected chi connectivity index (χ3v) is 9.71. The SMILES string of the molecule is c1ccc(-n2c3ccccc3c3cc4c(cc32)c2ccc3c5ncccc5n5c6cnccc6nc5c3c2n4-c2ccccc2)cc1. The average molecular weight is 601 g/mol. The molecule has 0 saturated carbocycles. The standard InChI is InChI=1S/C41H24N6/c1-3-10-25(11-4-1)45-33-15-8-7-14-27(33)30-22-36-31(23-35(30)45)28-17-18-29-38(40(28)46(36)26-12-5-2-6-13-26)41-44-32-19-21-42-24-37(32)47(41)34-16-9-20-43-39(29)34/h1-24H. The molecule has 6 heteroatoms. The Bertz CT molecular complexity index is 3060. The molecule has 6 aromatic heterocycles. The van der Waals surface area contributed by atoms with E-state index in [4.69, 9.17) is 9.97 Å². The van der Waals surface area contributed by atoms with Crippen molar-refractivity contribution in [1.82, 2.24) is 28.5 Å². The first-order valence-corrected chi connectivity index (χ1v) is 15.8. The predicted molar refractivity (Wildman–Crippen MR) is 192 cm³/mol. The first kappa shape index (κ1) is 24.8. The molecule has 0 aliphatic carbocycles. The second kappa shape index (κ2) is 9.02. The Labute approximate surface area is 267 Å². The molecular formula is C41H24N6. The largest absolute Gasteiger partial charge is 0.309 e. The fraction of sp³-hybridized carbons (Fsp3) is 0. The van der Waals surface area contributed by atoms with Crippen molar-refractivity contribution in [3.63, 3.8) is 0 Å². The van der Waals surface area contributed by atoms with E-state index in [0.29, 0.717) is 0 Å². The summed E-state index contributed by atoms with van der Waals surface area (Å²) in [6.45, 7) is 0. The molecule has 11 aromatic rings.